The topological polar surface area (TPSA) is 0 Å². The van der Waals surface area contributed by atoms with Gasteiger partial charge in [0.15, 0.2) is 0 Å². The van der Waals surface area contributed by atoms with Crippen molar-refractivity contribution in [2.75, 3.05) is 0 Å². The highest BCUT2D eigenvalue weighted by Crippen LogP contribution is 2.31. The maximum atomic E-state index is 12.6. The monoisotopic (exact) mass is 240 g/mol. The number of hydrogen-bond donors (Lipinski definition) is 0. The molecule has 0 aliphatic carbocycles. The summed E-state index contributed by atoms with van der Waals surface area (Å²) < 4.78 is 37.8. The fourth-order valence-electron chi connectivity index (χ4n) is 1.46. The Labute approximate surface area is 99.8 Å². The van der Waals surface area contributed by atoms with Crippen LogP contribution in [0.15, 0.2) is 24.3 Å². The van der Waals surface area contributed by atoms with Crippen molar-refractivity contribution in [1.82, 2.24) is 0 Å². The van der Waals surface area contributed by atoms with Crippen molar-refractivity contribution in [1.29, 1.82) is 0 Å². The summed E-state index contributed by atoms with van der Waals surface area (Å²) in [7, 11) is 0. The van der Waals surface area contributed by atoms with Gasteiger partial charge < -0.3 is 0 Å². The highest BCUT2D eigenvalue weighted by Gasteiger charge is 2.32. The minimum atomic E-state index is -4.32. The minimum Gasteiger partial charge on any atom is -0.166 e. The largest absolute Gasteiger partial charge is 0.417 e. The Morgan fingerprint density at radius 1 is 1.12 bits per heavy atom. The van der Waals surface area contributed by atoms with E-state index in [4.69, 9.17) is 0 Å². The summed E-state index contributed by atoms with van der Waals surface area (Å²) in [6.07, 6.45) is -0.581. The molecule has 0 N–H and O–H groups in total. The summed E-state index contributed by atoms with van der Waals surface area (Å²) >= 11 is 0. The lowest BCUT2D eigenvalue weighted by Crippen LogP contribution is -2.07. The number of alkyl halides is 3. The molecule has 3 heteroatoms. The minimum absolute atomic E-state index is 0.0662. The van der Waals surface area contributed by atoms with Crippen molar-refractivity contribution in [2.45, 2.75) is 38.8 Å². The highest BCUT2D eigenvalue weighted by atomic mass is 19.4. The van der Waals surface area contributed by atoms with Gasteiger partial charge in [-0.25, -0.2) is 0 Å². The lowest BCUT2D eigenvalue weighted by atomic mass is 10.1. The van der Waals surface area contributed by atoms with Gasteiger partial charge in [0.2, 0.25) is 0 Å². The Hall–Kier alpha value is -1.43. The SMILES string of the molecule is CCCCCC#Cc1ccccc1C(F)(F)F. The number of unbranched alkanes of at least 4 members (excludes halogenated alkanes) is 3. The number of hydrogen-bond acceptors (Lipinski definition) is 0. The van der Waals surface area contributed by atoms with Crippen molar-refractivity contribution in [3.63, 3.8) is 0 Å². The molecule has 0 spiro atoms. The fraction of sp³-hybridized carbons (Fsp3) is 0.429. The molecule has 0 amide bonds. The molecule has 0 heterocycles. The van der Waals surface area contributed by atoms with E-state index in [1.54, 1.807) is 6.07 Å². The zero-order valence-electron chi connectivity index (χ0n) is 9.77. The summed E-state index contributed by atoms with van der Waals surface area (Å²) in [5.74, 6) is 5.41. The van der Waals surface area contributed by atoms with Gasteiger partial charge in [0.1, 0.15) is 0 Å². The van der Waals surface area contributed by atoms with Gasteiger partial charge in [-0.15, -0.1) is 0 Å². The van der Waals surface area contributed by atoms with Crippen molar-refractivity contribution >= 4 is 0 Å². The Morgan fingerprint density at radius 3 is 2.47 bits per heavy atom. The molecule has 0 atom stereocenters. The molecule has 0 radical (unpaired) electrons. The van der Waals surface area contributed by atoms with E-state index in [1.807, 2.05) is 0 Å². The van der Waals surface area contributed by atoms with Crippen LogP contribution in [0.1, 0.15) is 43.7 Å². The van der Waals surface area contributed by atoms with Crippen LogP contribution < -0.4 is 0 Å². The van der Waals surface area contributed by atoms with Crippen LogP contribution in [0, 0.1) is 11.8 Å². The van der Waals surface area contributed by atoms with Gasteiger partial charge in [-0.05, 0) is 18.6 Å². The third kappa shape index (κ3) is 4.52. The van der Waals surface area contributed by atoms with E-state index in [1.165, 1.54) is 12.1 Å². The van der Waals surface area contributed by atoms with E-state index in [-0.39, 0.29) is 5.56 Å². The second kappa shape index (κ2) is 6.34. The molecule has 0 saturated heterocycles. The molecule has 17 heavy (non-hydrogen) atoms. The van der Waals surface area contributed by atoms with Gasteiger partial charge in [-0.3, -0.25) is 0 Å². The van der Waals surface area contributed by atoms with Gasteiger partial charge >= 0.3 is 6.18 Å². The molecule has 0 nitrogen and oxygen atoms in total. The first kappa shape index (κ1) is 13.6. The summed E-state index contributed by atoms with van der Waals surface area (Å²) in [6.45, 7) is 2.08. The molecule has 0 bridgehead atoms. The van der Waals surface area contributed by atoms with Crippen LogP contribution in [0.5, 0.6) is 0 Å². The Morgan fingerprint density at radius 2 is 1.82 bits per heavy atom. The molecule has 1 rings (SSSR count). The average Bonchev–Trinajstić information content (AvgIpc) is 2.28. The van der Waals surface area contributed by atoms with Crippen LogP contribution >= 0.6 is 0 Å². The van der Waals surface area contributed by atoms with Gasteiger partial charge in [-0.2, -0.15) is 13.2 Å². The third-order valence-corrected chi connectivity index (χ3v) is 2.36. The van der Waals surface area contributed by atoms with Crippen LogP contribution in [0.2, 0.25) is 0 Å². The second-order valence-electron chi connectivity index (χ2n) is 3.80. The van der Waals surface area contributed by atoms with Crippen LogP contribution in [0.3, 0.4) is 0 Å². The quantitative estimate of drug-likeness (QED) is 0.533. The Kier molecular flexibility index (Phi) is 5.09. The molecular weight excluding hydrogens is 225 g/mol. The predicted molar refractivity (Wildman–Crippen MR) is 62.5 cm³/mol. The van der Waals surface area contributed by atoms with E-state index in [9.17, 15) is 13.2 Å². The average molecular weight is 240 g/mol. The zero-order chi connectivity index (χ0) is 12.7. The summed E-state index contributed by atoms with van der Waals surface area (Å²) in [5, 5.41) is 0. The Balaban J connectivity index is 2.77. The van der Waals surface area contributed by atoms with Gasteiger partial charge in [0.25, 0.3) is 0 Å². The highest BCUT2D eigenvalue weighted by molar-refractivity contribution is 5.42. The first-order valence-electron chi connectivity index (χ1n) is 5.70. The van der Waals surface area contributed by atoms with E-state index >= 15 is 0 Å². The summed E-state index contributed by atoms with van der Waals surface area (Å²) in [4.78, 5) is 0. The summed E-state index contributed by atoms with van der Waals surface area (Å²) in [5.41, 5.74) is -0.584. The molecule has 0 unspecified atom stereocenters. The van der Waals surface area contributed by atoms with E-state index in [2.05, 4.69) is 18.8 Å². The molecule has 0 aromatic heterocycles. The van der Waals surface area contributed by atoms with Gasteiger partial charge in [0, 0.05) is 12.0 Å². The van der Waals surface area contributed by atoms with Gasteiger partial charge in [0.05, 0.1) is 5.56 Å². The first-order chi connectivity index (χ1) is 8.05. The molecule has 1 aromatic rings. The van der Waals surface area contributed by atoms with Crippen LogP contribution in [-0.4, -0.2) is 0 Å². The molecule has 0 aliphatic rings. The Bertz CT molecular complexity index is 407. The second-order valence-corrected chi connectivity index (χ2v) is 3.80. The number of benzene rings is 1. The van der Waals surface area contributed by atoms with Crippen LogP contribution in [0.25, 0.3) is 0 Å². The molecule has 0 saturated carbocycles. The summed E-state index contributed by atoms with van der Waals surface area (Å²) in [6, 6.07) is 5.43. The molecular formula is C14H15F3. The van der Waals surface area contributed by atoms with Crippen molar-refractivity contribution in [2.24, 2.45) is 0 Å². The maximum absolute atomic E-state index is 12.6. The molecule has 92 valence electrons. The number of rotatable bonds is 3. The standard InChI is InChI=1S/C14H15F3/c1-2-3-4-5-6-9-12-10-7-8-11-13(12)14(15,16)17/h7-8,10-11H,2-5H2,1H3. The van der Waals surface area contributed by atoms with E-state index < -0.39 is 11.7 Å². The third-order valence-electron chi connectivity index (χ3n) is 2.36. The zero-order valence-corrected chi connectivity index (χ0v) is 9.77. The smallest absolute Gasteiger partial charge is 0.166 e. The van der Waals surface area contributed by atoms with Crippen LogP contribution in [-0.2, 0) is 6.18 Å². The van der Waals surface area contributed by atoms with Gasteiger partial charge in [-0.1, -0.05) is 43.7 Å². The first-order valence-corrected chi connectivity index (χ1v) is 5.70. The van der Waals surface area contributed by atoms with Crippen LogP contribution in [0.4, 0.5) is 13.2 Å². The van der Waals surface area contributed by atoms with E-state index in [0.29, 0.717) is 6.42 Å². The predicted octanol–water partition coefficient (Wildman–Crippen LogP) is 4.64. The van der Waals surface area contributed by atoms with Crippen molar-refractivity contribution in [3.05, 3.63) is 35.4 Å². The van der Waals surface area contributed by atoms with E-state index in [0.717, 1.165) is 25.3 Å². The van der Waals surface area contributed by atoms with Crippen molar-refractivity contribution in [3.8, 4) is 11.8 Å². The normalized spacial score (nSPS) is 10.8. The molecule has 1 aromatic carbocycles. The lowest BCUT2D eigenvalue weighted by molar-refractivity contribution is -0.137. The van der Waals surface area contributed by atoms with Crippen molar-refractivity contribution < 1.29 is 13.2 Å². The molecule has 0 aliphatic heterocycles. The fourth-order valence-corrected chi connectivity index (χ4v) is 1.46. The number of halogens is 3. The molecule has 0 fully saturated rings. The maximum Gasteiger partial charge on any atom is 0.417 e. The lowest BCUT2D eigenvalue weighted by Gasteiger charge is -2.07.